The third-order valence-electron chi connectivity index (χ3n) is 1.55. The molecule has 66 valence electrons. The topological polar surface area (TPSA) is 24.1 Å². The van der Waals surface area contributed by atoms with Crippen LogP contribution in [0.4, 0.5) is 10.1 Å². The molecule has 0 aliphatic carbocycles. The van der Waals surface area contributed by atoms with Crippen molar-refractivity contribution >= 4 is 5.69 Å². The summed E-state index contributed by atoms with van der Waals surface area (Å²) in [4.78, 5) is 0. The van der Waals surface area contributed by atoms with Crippen molar-refractivity contribution in [3.05, 3.63) is 30.1 Å². The van der Waals surface area contributed by atoms with E-state index in [-0.39, 0.29) is 5.82 Å². The molecule has 0 amide bonds. The number of nitrogens with one attached hydrogen (secondary N) is 2. The Hall–Kier alpha value is -1.09. The van der Waals surface area contributed by atoms with E-state index in [1.165, 1.54) is 12.1 Å². The molecule has 2 nitrogen and oxygen atoms in total. The zero-order chi connectivity index (χ0) is 8.81. The maximum Gasteiger partial charge on any atom is 0.123 e. The molecule has 0 aromatic heterocycles. The summed E-state index contributed by atoms with van der Waals surface area (Å²) in [6, 6.07) is 6.35. The maximum absolute atomic E-state index is 12.4. The molecule has 0 atom stereocenters. The monoisotopic (exact) mass is 168 g/mol. The highest BCUT2D eigenvalue weighted by atomic mass is 19.1. The summed E-state index contributed by atoms with van der Waals surface area (Å²) in [6.45, 7) is 1.75. The van der Waals surface area contributed by atoms with Gasteiger partial charge in [0.15, 0.2) is 0 Å². The predicted molar refractivity (Wildman–Crippen MR) is 48.8 cm³/mol. The lowest BCUT2D eigenvalue weighted by Crippen LogP contribution is -2.17. The molecule has 0 radical (unpaired) electrons. The molecular weight excluding hydrogens is 155 g/mol. The van der Waals surface area contributed by atoms with Crippen molar-refractivity contribution in [3.8, 4) is 0 Å². The van der Waals surface area contributed by atoms with Gasteiger partial charge in [0.2, 0.25) is 0 Å². The summed E-state index contributed by atoms with van der Waals surface area (Å²) in [5.41, 5.74) is 0.951. The lowest BCUT2D eigenvalue weighted by Gasteiger charge is -2.04. The largest absolute Gasteiger partial charge is 0.384 e. The Morgan fingerprint density at radius 2 is 1.83 bits per heavy atom. The van der Waals surface area contributed by atoms with Crippen molar-refractivity contribution < 1.29 is 4.39 Å². The van der Waals surface area contributed by atoms with Gasteiger partial charge in [-0.1, -0.05) is 0 Å². The van der Waals surface area contributed by atoms with E-state index in [1.807, 2.05) is 7.05 Å². The van der Waals surface area contributed by atoms with E-state index in [1.54, 1.807) is 12.1 Å². The lowest BCUT2D eigenvalue weighted by atomic mass is 10.3. The van der Waals surface area contributed by atoms with E-state index < -0.39 is 0 Å². The fraction of sp³-hybridized carbons (Fsp3) is 0.333. The second-order valence-corrected chi connectivity index (χ2v) is 2.54. The molecule has 0 fully saturated rings. The molecule has 0 saturated carbocycles. The quantitative estimate of drug-likeness (QED) is 0.665. The fourth-order valence-corrected chi connectivity index (χ4v) is 0.900. The van der Waals surface area contributed by atoms with E-state index in [4.69, 9.17) is 0 Å². The number of hydrogen-bond donors (Lipinski definition) is 2. The number of halogens is 1. The SMILES string of the molecule is CNCCNc1ccc(F)cc1. The van der Waals surface area contributed by atoms with Crippen LogP contribution in [-0.2, 0) is 0 Å². The predicted octanol–water partition coefficient (Wildman–Crippen LogP) is 1.46. The van der Waals surface area contributed by atoms with Gasteiger partial charge in [0.25, 0.3) is 0 Å². The van der Waals surface area contributed by atoms with Crippen LogP contribution < -0.4 is 10.6 Å². The summed E-state index contributed by atoms with van der Waals surface area (Å²) >= 11 is 0. The molecule has 1 aromatic carbocycles. The van der Waals surface area contributed by atoms with E-state index in [0.717, 1.165) is 18.8 Å². The van der Waals surface area contributed by atoms with E-state index in [2.05, 4.69) is 10.6 Å². The van der Waals surface area contributed by atoms with E-state index in [0.29, 0.717) is 0 Å². The average Bonchev–Trinajstić information content (AvgIpc) is 2.09. The van der Waals surface area contributed by atoms with Gasteiger partial charge in [-0.25, -0.2) is 4.39 Å². The summed E-state index contributed by atoms with van der Waals surface area (Å²) in [5.74, 6) is -0.200. The molecule has 1 aromatic rings. The molecule has 0 bridgehead atoms. The van der Waals surface area contributed by atoms with Crippen LogP contribution >= 0.6 is 0 Å². The first-order chi connectivity index (χ1) is 5.83. The molecule has 0 aliphatic rings. The summed E-state index contributed by atoms with van der Waals surface area (Å²) in [5, 5.41) is 6.16. The van der Waals surface area contributed by atoms with Crippen molar-refractivity contribution in [1.82, 2.24) is 5.32 Å². The van der Waals surface area contributed by atoms with Gasteiger partial charge in [-0.15, -0.1) is 0 Å². The van der Waals surface area contributed by atoms with Gasteiger partial charge in [-0.05, 0) is 31.3 Å². The molecule has 12 heavy (non-hydrogen) atoms. The van der Waals surface area contributed by atoms with Gasteiger partial charge in [0.1, 0.15) is 5.82 Å². The van der Waals surface area contributed by atoms with Crippen LogP contribution in [0, 0.1) is 5.82 Å². The second kappa shape index (κ2) is 4.72. The third-order valence-corrected chi connectivity index (χ3v) is 1.55. The summed E-state index contributed by atoms with van der Waals surface area (Å²) < 4.78 is 12.4. The Morgan fingerprint density at radius 3 is 2.42 bits per heavy atom. The van der Waals surface area contributed by atoms with Crippen molar-refractivity contribution in [2.45, 2.75) is 0 Å². The van der Waals surface area contributed by atoms with Crippen LogP contribution in [0.25, 0.3) is 0 Å². The van der Waals surface area contributed by atoms with E-state index >= 15 is 0 Å². The van der Waals surface area contributed by atoms with Gasteiger partial charge in [-0.3, -0.25) is 0 Å². The minimum absolute atomic E-state index is 0.200. The summed E-state index contributed by atoms with van der Waals surface area (Å²) in [7, 11) is 1.90. The lowest BCUT2D eigenvalue weighted by molar-refractivity contribution is 0.628. The maximum atomic E-state index is 12.4. The van der Waals surface area contributed by atoms with Crippen LogP contribution in [0.1, 0.15) is 0 Å². The molecule has 0 aliphatic heterocycles. The Kier molecular flexibility index (Phi) is 3.54. The number of anilines is 1. The standard InChI is InChI=1S/C9H13FN2/c1-11-6-7-12-9-4-2-8(10)3-5-9/h2-5,11-12H,6-7H2,1H3. The molecular formula is C9H13FN2. The zero-order valence-corrected chi connectivity index (χ0v) is 7.10. The molecule has 0 spiro atoms. The molecule has 0 saturated heterocycles. The molecule has 1 rings (SSSR count). The minimum Gasteiger partial charge on any atom is -0.384 e. The second-order valence-electron chi connectivity index (χ2n) is 2.54. The Bertz CT molecular complexity index is 220. The minimum atomic E-state index is -0.200. The van der Waals surface area contributed by atoms with Gasteiger partial charge in [-0.2, -0.15) is 0 Å². The van der Waals surface area contributed by atoms with Gasteiger partial charge in [0.05, 0.1) is 0 Å². The number of likely N-dealkylation sites (N-methyl/N-ethyl adjacent to an activating group) is 1. The zero-order valence-electron chi connectivity index (χ0n) is 7.10. The van der Waals surface area contributed by atoms with Crippen molar-refractivity contribution in [2.24, 2.45) is 0 Å². The highest BCUT2D eigenvalue weighted by molar-refractivity contribution is 5.42. The molecule has 3 heteroatoms. The number of benzene rings is 1. The first-order valence-electron chi connectivity index (χ1n) is 3.97. The number of hydrogen-bond acceptors (Lipinski definition) is 2. The van der Waals surface area contributed by atoms with Crippen LogP contribution in [-0.4, -0.2) is 20.1 Å². The summed E-state index contributed by atoms with van der Waals surface area (Å²) in [6.07, 6.45) is 0. The third kappa shape index (κ3) is 2.88. The Morgan fingerprint density at radius 1 is 1.17 bits per heavy atom. The number of rotatable bonds is 4. The smallest absolute Gasteiger partial charge is 0.123 e. The van der Waals surface area contributed by atoms with Gasteiger partial charge < -0.3 is 10.6 Å². The highest BCUT2D eigenvalue weighted by Crippen LogP contribution is 2.06. The van der Waals surface area contributed by atoms with E-state index in [9.17, 15) is 4.39 Å². The van der Waals surface area contributed by atoms with Crippen molar-refractivity contribution in [2.75, 3.05) is 25.5 Å². The van der Waals surface area contributed by atoms with Gasteiger partial charge >= 0.3 is 0 Å². The molecule has 0 unspecified atom stereocenters. The normalized spacial score (nSPS) is 9.83. The van der Waals surface area contributed by atoms with Crippen LogP contribution in [0.3, 0.4) is 0 Å². The Balaban J connectivity index is 2.37. The molecule has 2 N–H and O–H groups in total. The first-order valence-corrected chi connectivity index (χ1v) is 3.97. The van der Waals surface area contributed by atoms with Crippen LogP contribution in [0.5, 0.6) is 0 Å². The van der Waals surface area contributed by atoms with Crippen LogP contribution in [0.2, 0.25) is 0 Å². The highest BCUT2D eigenvalue weighted by Gasteiger charge is 1.90. The first kappa shape index (κ1) is 9.00. The van der Waals surface area contributed by atoms with Crippen molar-refractivity contribution in [3.63, 3.8) is 0 Å². The van der Waals surface area contributed by atoms with Gasteiger partial charge in [0, 0.05) is 18.8 Å². The molecule has 0 heterocycles. The van der Waals surface area contributed by atoms with Crippen molar-refractivity contribution in [1.29, 1.82) is 0 Å². The fourth-order valence-electron chi connectivity index (χ4n) is 0.900. The average molecular weight is 168 g/mol. The Labute approximate surface area is 71.8 Å². The van der Waals surface area contributed by atoms with Crippen LogP contribution in [0.15, 0.2) is 24.3 Å².